The van der Waals surface area contributed by atoms with Crippen LogP contribution >= 0.6 is 0 Å². The highest BCUT2D eigenvalue weighted by Gasteiger charge is 2.20. The van der Waals surface area contributed by atoms with Gasteiger partial charge in [0.2, 0.25) is 5.91 Å². The van der Waals surface area contributed by atoms with Crippen LogP contribution in [0.2, 0.25) is 0 Å². The van der Waals surface area contributed by atoms with Crippen molar-refractivity contribution in [2.45, 2.75) is 32.2 Å². The predicted octanol–water partition coefficient (Wildman–Crippen LogP) is 2.49. The summed E-state index contributed by atoms with van der Waals surface area (Å²) in [4.78, 5) is 39.3. The van der Waals surface area contributed by atoms with Gasteiger partial charge in [-0.15, -0.1) is 0 Å². The first-order chi connectivity index (χ1) is 16.0. The Balaban J connectivity index is 1.26. The number of rotatable bonds is 6. The van der Waals surface area contributed by atoms with E-state index in [9.17, 15) is 14.4 Å². The average Bonchev–Trinajstić information content (AvgIpc) is 2.83. The summed E-state index contributed by atoms with van der Waals surface area (Å²) in [5.41, 5.74) is 8.05. The lowest BCUT2D eigenvalue weighted by Crippen LogP contribution is -2.53. The summed E-state index contributed by atoms with van der Waals surface area (Å²) in [6.07, 6.45) is 2.15. The summed E-state index contributed by atoms with van der Waals surface area (Å²) in [7, 11) is 0. The second kappa shape index (κ2) is 10.2. The molecule has 1 aliphatic rings. The smallest absolute Gasteiger partial charge is 0.260 e. The van der Waals surface area contributed by atoms with Crippen molar-refractivity contribution in [3.63, 3.8) is 0 Å². The van der Waals surface area contributed by atoms with E-state index in [-0.39, 0.29) is 24.8 Å². The summed E-state index contributed by atoms with van der Waals surface area (Å²) < 4.78 is 0. The van der Waals surface area contributed by atoms with Crippen LogP contribution in [-0.4, -0.2) is 36.9 Å². The fourth-order valence-electron chi connectivity index (χ4n) is 4.21. The number of anilines is 1. The van der Waals surface area contributed by atoms with Gasteiger partial charge < -0.3 is 10.2 Å². The van der Waals surface area contributed by atoms with Gasteiger partial charge in [0, 0.05) is 12.2 Å². The lowest BCUT2D eigenvalue weighted by Gasteiger charge is -2.30. The van der Waals surface area contributed by atoms with E-state index < -0.39 is 11.9 Å². The van der Waals surface area contributed by atoms with Crippen LogP contribution in [0.1, 0.15) is 24.5 Å². The molecule has 0 fully saturated rings. The fourth-order valence-corrected chi connectivity index (χ4v) is 4.21. The van der Waals surface area contributed by atoms with Crippen molar-refractivity contribution >= 4 is 34.2 Å². The van der Waals surface area contributed by atoms with Crippen molar-refractivity contribution in [1.82, 2.24) is 16.2 Å². The molecule has 3 N–H and O–H groups in total. The molecule has 1 heterocycles. The summed E-state index contributed by atoms with van der Waals surface area (Å²) in [5, 5.41) is 4.77. The topological polar surface area (TPSA) is 90.5 Å². The van der Waals surface area contributed by atoms with Crippen LogP contribution in [0.15, 0.2) is 66.7 Å². The number of aryl methyl sites for hydroxylation is 1. The molecule has 1 atom stereocenters. The highest BCUT2D eigenvalue weighted by Crippen LogP contribution is 2.26. The monoisotopic (exact) mass is 444 g/mol. The molecule has 4 rings (SSSR count). The first-order valence-corrected chi connectivity index (χ1v) is 11.2. The molecule has 0 spiro atoms. The fraction of sp³-hybridized carbons (Fsp3) is 0.269. The third-order valence-electron chi connectivity index (χ3n) is 5.87. The molecule has 7 nitrogen and oxygen atoms in total. The number of nitrogens with one attached hydrogen (secondary N) is 3. The zero-order valence-electron chi connectivity index (χ0n) is 18.6. The number of hydrogen-bond donors (Lipinski definition) is 3. The predicted molar refractivity (Wildman–Crippen MR) is 129 cm³/mol. The van der Waals surface area contributed by atoms with Crippen LogP contribution in [0.25, 0.3) is 10.8 Å². The SMILES string of the molecule is C[C@H](NC(=O)Cc1cccc2ccccc12)C(=O)NNC(=O)CN1CCCc2ccccc21. The van der Waals surface area contributed by atoms with E-state index in [1.165, 1.54) is 5.56 Å². The van der Waals surface area contributed by atoms with Gasteiger partial charge in [-0.3, -0.25) is 25.2 Å². The zero-order chi connectivity index (χ0) is 23.2. The molecular weight excluding hydrogens is 416 g/mol. The maximum atomic E-state index is 12.5. The minimum absolute atomic E-state index is 0.152. The Labute approximate surface area is 193 Å². The first kappa shape index (κ1) is 22.3. The van der Waals surface area contributed by atoms with E-state index in [1.54, 1.807) is 6.92 Å². The van der Waals surface area contributed by atoms with Gasteiger partial charge in [0.1, 0.15) is 6.04 Å². The molecular formula is C26H28N4O3. The van der Waals surface area contributed by atoms with Crippen molar-refractivity contribution in [1.29, 1.82) is 0 Å². The number of carbonyl (C=O) groups excluding carboxylic acids is 3. The van der Waals surface area contributed by atoms with Gasteiger partial charge >= 0.3 is 0 Å². The van der Waals surface area contributed by atoms with E-state index in [4.69, 9.17) is 0 Å². The standard InChI is InChI=1S/C26H28N4O3/c1-18(27-24(31)16-21-11-6-10-19-8-2-4-13-22(19)21)26(33)29-28-25(32)17-30-15-7-12-20-9-3-5-14-23(20)30/h2-6,8-11,13-14,18H,7,12,15-17H2,1H3,(H,27,31)(H,28,32)(H,29,33)/t18-/m0/s1. The Morgan fingerprint density at radius 2 is 1.67 bits per heavy atom. The van der Waals surface area contributed by atoms with Crippen LogP contribution in [0.3, 0.4) is 0 Å². The van der Waals surface area contributed by atoms with Crippen LogP contribution in [0.4, 0.5) is 5.69 Å². The Kier molecular flexibility index (Phi) is 6.88. The lowest BCUT2D eigenvalue weighted by atomic mass is 10.0. The number of nitrogens with zero attached hydrogens (tertiary/aromatic N) is 1. The molecule has 0 aliphatic carbocycles. The van der Waals surface area contributed by atoms with E-state index >= 15 is 0 Å². The number of carbonyl (C=O) groups is 3. The molecule has 3 aromatic rings. The Bertz CT molecular complexity index is 1170. The Morgan fingerprint density at radius 1 is 0.909 bits per heavy atom. The maximum Gasteiger partial charge on any atom is 0.260 e. The minimum Gasteiger partial charge on any atom is -0.362 e. The molecule has 0 radical (unpaired) electrons. The van der Waals surface area contributed by atoms with E-state index in [2.05, 4.69) is 22.2 Å². The normalized spacial score (nSPS) is 13.7. The number of amides is 3. The molecule has 3 amide bonds. The molecule has 0 unspecified atom stereocenters. The molecule has 0 saturated carbocycles. The van der Waals surface area contributed by atoms with Gasteiger partial charge in [0.05, 0.1) is 13.0 Å². The molecule has 7 heteroatoms. The molecule has 3 aromatic carbocycles. The summed E-state index contributed by atoms with van der Waals surface area (Å²) >= 11 is 0. The summed E-state index contributed by atoms with van der Waals surface area (Å²) in [5.74, 6) is -1.05. The van der Waals surface area contributed by atoms with Gasteiger partial charge in [0.25, 0.3) is 11.8 Å². The summed E-state index contributed by atoms with van der Waals surface area (Å²) in [6, 6.07) is 20.9. The molecule has 0 aromatic heterocycles. The number of hydrazine groups is 1. The maximum absolute atomic E-state index is 12.5. The van der Waals surface area contributed by atoms with Crippen molar-refractivity contribution in [2.75, 3.05) is 18.0 Å². The highest BCUT2D eigenvalue weighted by molar-refractivity contribution is 5.93. The number of hydrogen-bond acceptors (Lipinski definition) is 4. The number of fused-ring (bicyclic) bond motifs is 2. The van der Waals surface area contributed by atoms with Gasteiger partial charge in [-0.25, -0.2) is 0 Å². The van der Waals surface area contributed by atoms with Gasteiger partial charge in [-0.1, -0.05) is 60.7 Å². The first-order valence-electron chi connectivity index (χ1n) is 11.2. The number of para-hydroxylation sites is 1. The van der Waals surface area contributed by atoms with Gasteiger partial charge in [-0.2, -0.15) is 0 Å². The second-order valence-corrected chi connectivity index (χ2v) is 8.30. The van der Waals surface area contributed by atoms with E-state index in [1.807, 2.05) is 65.6 Å². The van der Waals surface area contributed by atoms with Crippen molar-refractivity contribution < 1.29 is 14.4 Å². The van der Waals surface area contributed by atoms with Crippen molar-refractivity contribution in [3.05, 3.63) is 77.9 Å². The number of benzene rings is 3. The Morgan fingerprint density at radius 3 is 2.55 bits per heavy atom. The molecule has 33 heavy (non-hydrogen) atoms. The molecule has 0 saturated heterocycles. The second-order valence-electron chi connectivity index (χ2n) is 8.30. The van der Waals surface area contributed by atoms with Gasteiger partial charge in [-0.05, 0) is 47.7 Å². The zero-order valence-corrected chi connectivity index (χ0v) is 18.6. The summed E-state index contributed by atoms with van der Waals surface area (Å²) in [6.45, 7) is 2.53. The average molecular weight is 445 g/mol. The minimum atomic E-state index is -0.788. The van der Waals surface area contributed by atoms with Gasteiger partial charge in [0.15, 0.2) is 0 Å². The lowest BCUT2D eigenvalue weighted by molar-refractivity contribution is -0.131. The highest BCUT2D eigenvalue weighted by atomic mass is 16.2. The molecule has 1 aliphatic heterocycles. The van der Waals surface area contributed by atoms with Crippen molar-refractivity contribution in [3.8, 4) is 0 Å². The molecule has 0 bridgehead atoms. The van der Waals surface area contributed by atoms with Crippen LogP contribution in [-0.2, 0) is 27.2 Å². The van der Waals surface area contributed by atoms with E-state index in [0.717, 1.165) is 41.4 Å². The Hall–Kier alpha value is -3.87. The van der Waals surface area contributed by atoms with Crippen LogP contribution in [0, 0.1) is 0 Å². The third kappa shape index (κ3) is 5.49. The third-order valence-corrected chi connectivity index (χ3v) is 5.87. The quantitative estimate of drug-likeness (QED) is 0.510. The molecule has 170 valence electrons. The largest absolute Gasteiger partial charge is 0.362 e. The van der Waals surface area contributed by atoms with Crippen LogP contribution in [0.5, 0.6) is 0 Å². The van der Waals surface area contributed by atoms with Crippen LogP contribution < -0.4 is 21.1 Å². The van der Waals surface area contributed by atoms with E-state index in [0.29, 0.717) is 0 Å². The van der Waals surface area contributed by atoms with Crippen molar-refractivity contribution in [2.24, 2.45) is 0 Å².